The highest BCUT2D eigenvalue weighted by atomic mass is 127. The van der Waals surface area contributed by atoms with Crippen molar-refractivity contribution >= 4 is 34.5 Å². The van der Waals surface area contributed by atoms with Crippen LogP contribution in [0.4, 0.5) is 0 Å². The van der Waals surface area contributed by atoms with E-state index in [2.05, 4.69) is 70.3 Å². The second-order valence-corrected chi connectivity index (χ2v) is 12.7. The van der Waals surface area contributed by atoms with Gasteiger partial charge in [-0.1, -0.05) is 58.2 Å². The van der Waals surface area contributed by atoms with Crippen LogP contribution in [0.25, 0.3) is 0 Å². The maximum absolute atomic E-state index is 12.1. The Kier molecular flexibility index (Phi) is 19.4. The maximum Gasteiger partial charge on any atom is 0.306 e. The number of phenolic OH excluding ortho intramolecular Hbond substituents is 2. The molecule has 1 aromatic rings. The van der Waals surface area contributed by atoms with Crippen molar-refractivity contribution in [2.24, 2.45) is 0 Å². The summed E-state index contributed by atoms with van der Waals surface area (Å²) in [4.78, 5) is 24.1. The van der Waals surface area contributed by atoms with Crippen LogP contribution in [0.3, 0.4) is 0 Å². The minimum Gasteiger partial charge on any atom is -0.504 e. The van der Waals surface area contributed by atoms with Gasteiger partial charge in [0.05, 0.1) is 0 Å². The van der Waals surface area contributed by atoms with Gasteiger partial charge in [-0.2, -0.15) is 0 Å². The van der Waals surface area contributed by atoms with Gasteiger partial charge in [-0.25, -0.2) is 0 Å². The molecule has 0 heterocycles. The SMILES string of the molecule is CC(C)=CCC/C(C)=C\CC/C(C)=C/CC/C=C(\C)CC/C=C(\C)CCC(=O)OCC(=O)NCc1cc(O)c(O)cc1I. The molecule has 1 rings (SSSR count). The monoisotopic (exact) mass is 705 g/mol. The third-order valence-corrected chi connectivity index (χ3v) is 8.02. The lowest BCUT2D eigenvalue weighted by atomic mass is 10.0. The Bertz CT molecular complexity index is 1200. The first-order valence-corrected chi connectivity index (χ1v) is 16.3. The van der Waals surface area contributed by atoms with Crippen molar-refractivity contribution in [1.82, 2.24) is 5.32 Å². The molecular formula is C36H52INO5. The number of nitrogens with one attached hydrogen (secondary N) is 1. The number of unbranched alkanes of at least 4 members (excludes halogenated alkanes) is 1. The largest absolute Gasteiger partial charge is 0.504 e. The standard InChI is InChI=1S/C36H52INO5/c1-26(2)12-9-15-29(5)18-10-16-27(3)13-7-8-14-28(4)17-11-19-30(6)20-21-36(42)43-25-35(41)38-24-31-22-33(39)34(40)23-32(31)37/h12-14,18-19,22-23,39-40H,7-11,15-17,20-21,24-25H2,1-6H3,(H,38,41)/b27-13+,28-14+,29-18-,30-19+. The average Bonchev–Trinajstić information content (AvgIpc) is 2.94. The van der Waals surface area contributed by atoms with Gasteiger partial charge in [0.15, 0.2) is 18.1 Å². The summed E-state index contributed by atoms with van der Waals surface area (Å²) in [5.41, 5.74) is 7.51. The fourth-order valence-corrected chi connectivity index (χ4v) is 4.88. The molecule has 238 valence electrons. The highest BCUT2D eigenvalue weighted by Gasteiger charge is 2.11. The van der Waals surface area contributed by atoms with Crippen LogP contribution in [0.15, 0.2) is 70.4 Å². The van der Waals surface area contributed by atoms with Crippen molar-refractivity contribution in [2.75, 3.05) is 6.61 Å². The lowest BCUT2D eigenvalue weighted by Gasteiger charge is -2.09. The van der Waals surface area contributed by atoms with Crippen LogP contribution < -0.4 is 5.32 Å². The van der Waals surface area contributed by atoms with E-state index in [4.69, 9.17) is 4.74 Å². The number of esters is 1. The summed E-state index contributed by atoms with van der Waals surface area (Å²) in [5.74, 6) is -1.30. The van der Waals surface area contributed by atoms with E-state index in [1.54, 1.807) is 0 Å². The molecule has 0 radical (unpaired) electrons. The lowest BCUT2D eigenvalue weighted by Crippen LogP contribution is -2.28. The van der Waals surface area contributed by atoms with E-state index in [1.807, 2.05) is 29.5 Å². The summed E-state index contributed by atoms with van der Waals surface area (Å²) in [5, 5.41) is 21.8. The molecule has 0 fully saturated rings. The van der Waals surface area contributed by atoms with E-state index in [-0.39, 0.29) is 31.1 Å². The van der Waals surface area contributed by atoms with Gasteiger partial charge in [0, 0.05) is 16.5 Å². The molecule has 0 aliphatic carbocycles. The molecular weight excluding hydrogens is 653 g/mol. The molecule has 0 aromatic heterocycles. The van der Waals surface area contributed by atoms with E-state index < -0.39 is 11.9 Å². The summed E-state index contributed by atoms with van der Waals surface area (Å²) < 4.78 is 5.80. The van der Waals surface area contributed by atoms with Crippen molar-refractivity contribution in [3.8, 4) is 11.5 Å². The zero-order valence-electron chi connectivity index (χ0n) is 27.0. The molecule has 7 heteroatoms. The maximum atomic E-state index is 12.1. The van der Waals surface area contributed by atoms with Crippen LogP contribution in [0.5, 0.6) is 11.5 Å². The predicted molar refractivity (Wildman–Crippen MR) is 186 cm³/mol. The Morgan fingerprint density at radius 1 is 0.698 bits per heavy atom. The molecule has 0 saturated heterocycles. The van der Waals surface area contributed by atoms with E-state index in [1.165, 1.54) is 34.4 Å². The molecule has 6 nitrogen and oxygen atoms in total. The third kappa shape index (κ3) is 19.2. The fourth-order valence-electron chi connectivity index (χ4n) is 4.24. The zero-order valence-corrected chi connectivity index (χ0v) is 29.2. The Morgan fingerprint density at radius 3 is 1.70 bits per heavy atom. The Morgan fingerprint density at radius 2 is 1.16 bits per heavy atom. The van der Waals surface area contributed by atoms with Gasteiger partial charge in [0.25, 0.3) is 5.91 Å². The molecule has 0 bridgehead atoms. The molecule has 0 unspecified atom stereocenters. The number of rotatable bonds is 19. The van der Waals surface area contributed by atoms with Crippen LogP contribution in [0.2, 0.25) is 0 Å². The second kappa shape index (κ2) is 21.8. The number of hydrogen-bond donors (Lipinski definition) is 3. The van der Waals surface area contributed by atoms with E-state index in [9.17, 15) is 19.8 Å². The molecule has 1 amide bonds. The number of phenols is 2. The number of amides is 1. The highest BCUT2D eigenvalue weighted by molar-refractivity contribution is 14.1. The van der Waals surface area contributed by atoms with Crippen molar-refractivity contribution < 1.29 is 24.5 Å². The number of allylic oxidation sites excluding steroid dienone is 10. The zero-order chi connectivity index (χ0) is 32.2. The first kappa shape index (κ1) is 38.2. The predicted octanol–water partition coefficient (Wildman–Crippen LogP) is 9.51. The number of carbonyl (C=O) groups excluding carboxylic acids is 2. The van der Waals surface area contributed by atoms with Crippen LogP contribution in [-0.4, -0.2) is 28.7 Å². The highest BCUT2D eigenvalue weighted by Crippen LogP contribution is 2.29. The first-order valence-electron chi connectivity index (χ1n) is 15.3. The fraction of sp³-hybridized carbons (Fsp3) is 0.500. The summed E-state index contributed by atoms with van der Waals surface area (Å²) in [6.07, 6.45) is 21.0. The third-order valence-electron chi connectivity index (χ3n) is 7.01. The van der Waals surface area contributed by atoms with Gasteiger partial charge < -0.3 is 20.3 Å². The molecule has 1 aromatic carbocycles. The summed E-state index contributed by atoms with van der Waals surface area (Å²) in [7, 11) is 0. The Labute approximate surface area is 273 Å². The van der Waals surface area contributed by atoms with Crippen LogP contribution in [-0.2, 0) is 20.9 Å². The lowest BCUT2D eigenvalue weighted by molar-refractivity contribution is -0.148. The van der Waals surface area contributed by atoms with Crippen molar-refractivity contribution in [3.05, 3.63) is 79.5 Å². The minimum atomic E-state index is -0.426. The Balaban J connectivity index is 2.23. The van der Waals surface area contributed by atoms with Gasteiger partial charge in [0.1, 0.15) is 0 Å². The molecule has 43 heavy (non-hydrogen) atoms. The summed E-state index contributed by atoms with van der Waals surface area (Å²) in [6, 6.07) is 2.81. The van der Waals surface area contributed by atoms with Gasteiger partial charge in [0.2, 0.25) is 0 Å². The van der Waals surface area contributed by atoms with E-state index in [0.717, 1.165) is 56.9 Å². The van der Waals surface area contributed by atoms with Gasteiger partial charge in [-0.15, -0.1) is 0 Å². The molecule has 0 atom stereocenters. The number of hydrogen-bond acceptors (Lipinski definition) is 5. The van der Waals surface area contributed by atoms with Crippen LogP contribution >= 0.6 is 22.6 Å². The molecule has 3 N–H and O–H groups in total. The molecule has 0 spiro atoms. The van der Waals surface area contributed by atoms with Crippen molar-refractivity contribution in [2.45, 2.75) is 112 Å². The number of aromatic hydroxyl groups is 2. The average molecular weight is 706 g/mol. The van der Waals surface area contributed by atoms with Crippen LogP contribution in [0, 0.1) is 3.57 Å². The van der Waals surface area contributed by atoms with Crippen molar-refractivity contribution in [1.29, 1.82) is 0 Å². The van der Waals surface area contributed by atoms with E-state index >= 15 is 0 Å². The molecule has 0 saturated carbocycles. The van der Waals surface area contributed by atoms with Crippen molar-refractivity contribution in [3.63, 3.8) is 0 Å². The van der Waals surface area contributed by atoms with Gasteiger partial charge in [-0.3, -0.25) is 9.59 Å². The number of carbonyl (C=O) groups is 2. The Hall–Kier alpha value is -2.81. The number of halogens is 1. The number of ether oxygens (including phenoxy) is 1. The van der Waals surface area contributed by atoms with Crippen LogP contribution in [0.1, 0.15) is 111 Å². The van der Waals surface area contributed by atoms with E-state index in [0.29, 0.717) is 15.6 Å². The quantitative estimate of drug-likeness (QED) is 0.0438. The summed E-state index contributed by atoms with van der Waals surface area (Å²) >= 11 is 2.01. The second-order valence-electron chi connectivity index (χ2n) is 11.5. The van der Waals surface area contributed by atoms with Gasteiger partial charge in [-0.05, 0) is 140 Å². The smallest absolute Gasteiger partial charge is 0.306 e. The number of benzene rings is 1. The minimum absolute atomic E-state index is 0.156. The first-order chi connectivity index (χ1) is 20.4. The summed E-state index contributed by atoms with van der Waals surface area (Å²) in [6.45, 7) is 12.8. The molecule has 0 aliphatic rings. The molecule has 0 aliphatic heterocycles. The topological polar surface area (TPSA) is 95.9 Å². The normalized spacial score (nSPS) is 12.7. The van der Waals surface area contributed by atoms with Gasteiger partial charge >= 0.3 is 5.97 Å².